The second kappa shape index (κ2) is 18.3. The summed E-state index contributed by atoms with van der Waals surface area (Å²) in [6.45, 7) is 4.08. The molecular weight excluding hydrogens is 715 g/mol. The Morgan fingerprint density at radius 3 is 2.47 bits per heavy atom. The number of benzene rings is 1. The minimum absolute atomic E-state index is 0.100. The molecular formula is C57H61NO. The maximum Gasteiger partial charge on any atom is 0.125 e. The molecule has 0 amide bonds. The molecule has 0 fully saturated rings. The van der Waals surface area contributed by atoms with Crippen molar-refractivity contribution in [3.8, 4) is 0 Å². The van der Waals surface area contributed by atoms with Gasteiger partial charge < -0.3 is 10.1 Å². The standard InChI is InChI=1S/C57H61NO/c1-2-18-53(46-23-8-4-9-24-46)58-54(47-35-33-44(34-36-47)43-21-6-3-7-22-43)30-17-20-42-19-16-25-48(41-42)45-37-39-50(40-38-45)57(49-26-10-5-11-27-49)51-28-12-14-31-55(51)59-56-32-15-13-29-52(56)57/h2-4,6-8,10,12-14,16-23,26-29,33,35,37,39-40,42,45,48,54-55,58H,1,5,9,11,15,24-25,30-32,34,36,38,41H2/b20-17+,53-18-. The van der Waals surface area contributed by atoms with Gasteiger partial charge in [0.1, 0.15) is 11.9 Å². The summed E-state index contributed by atoms with van der Waals surface area (Å²) in [5, 5.41) is 4.01. The number of ether oxygens (including phenoxy) is 1. The summed E-state index contributed by atoms with van der Waals surface area (Å²) in [5.74, 6) is 2.82. The zero-order chi connectivity index (χ0) is 39.9. The van der Waals surface area contributed by atoms with Crippen LogP contribution in [0.25, 0.3) is 5.57 Å². The van der Waals surface area contributed by atoms with E-state index < -0.39 is 0 Å². The predicted molar refractivity (Wildman–Crippen MR) is 249 cm³/mol. The second-order valence-electron chi connectivity index (χ2n) is 17.4. The molecule has 6 atom stereocenters. The first-order valence-corrected chi connectivity index (χ1v) is 22.6. The number of allylic oxidation sites excluding steroid dienone is 26. The van der Waals surface area contributed by atoms with Crippen LogP contribution in [0.4, 0.5) is 0 Å². The maximum atomic E-state index is 6.79. The van der Waals surface area contributed by atoms with Crippen molar-refractivity contribution >= 4 is 5.57 Å². The normalized spacial score (nSPS) is 29.3. The molecule has 0 radical (unpaired) electrons. The average molecular weight is 776 g/mol. The van der Waals surface area contributed by atoms with Gasteiger partial charge in [-0.3, -0.25) is 0 Å². The minimum Gasteiger partial charge on any atom is -0.490 e. The second-order valence-corrected chi connectivity index (χ2v) is 17.4. The predicted octanol–water partition coefficient (Wildman–Crippen LogP) is 14.3. The SMILES string of the molecule is C=C/C=C(\NC(C/C=C/C1C=CCC(C2C=CC(C3(C4=CCCC=C4)C4=CC=CCC4OC4=C3C=CCC4)=CC2)C1)C1=CC=C(c2ccccc2)CC1)C1=CC=CCC1. The molecule has 2 heteroatoms. The third-order valence-electron chi connectivity index (χ3n) is 13.9. The van der Waals surface area contributed by atoms with Crippen molar-refractivity contribution in [3.05, 3.63) is 221 Å². The van der Waals surface area contributed by atoms with E-state index in [-0.39, 0.29) is 17.6 Å². The zero-order valence-electron chi connectivity index (χ0n) is 34.8. The molecule has 6 unspecified atom stereocenters. The van der Waals surface area contributed by atoms with E-state index in [2.05, 4.69) is 170 Å². The zero-order valence-corrected chi connectivity index (χ0v) is 34.8. The van der Waals surface area contributed by atoms with Crippen molar-refractivity contribution in [2.45, 2.75) is 95.6 Å². The van der Waals surface area contributed by atoms with E-state index in [1.54, 1.807) is 0 Å². The first-order chi connectivity index (χ1) is 29.2. The molecule has 1 aliphatic heterocycles. The van der Waals surface area contributed by atoms with E-state index in [4.69, 9.17) is 4.74 Å². The molecule has 0 saturated carbocycles. The highest BCUT2D eigenvalue weighted by Gasteiger charge is 2.51. The van der Waals surface area contributed by atoms with E-state index in [0.717, 1.165) is 77.0 Å². The van der Waals surface area contributed by atoms with Gasteiger partial charge in [0.2, 0.25) is 0 Å². The van der Waals surface area contributed by atoms with E-state index in [1.165, 1.54) is 62.5 Å². The van der Waals surface area contributed by atoms with Crippen LogP contribution in [0.1, 0.15) is 89.0 Å². The lowest BCUT2D eigenvalue weighted by Gasteiger charge is -2.50. The fourth-order valence-corrected chi connectivity index (χ4v) is 10.8. The highest BCUT2D eigenvalue weighted by Crippen LogP contribution is 2.59. The van der Waals surface area contributed by atoms with Gasteiger partial charge in [0.05, 0.1) is 11.5 Å². The monoisotopic (exact) mass is 775 g/mol. The summed E-state index contributed by atoms with van der Waals surface area (Å²) < 4.78 is 6.79. The first kappa shape index (κ1) is 39.1. The van der Waals surface area contributed by atoms with Crippen LogP contribution in [-0.2, 0) is 4.74 Å². The average Bonchev–Trinajstić information content (AvgIpc) is 3.31. The van der Waals surface area contributed by atoms with E-state index in [9.17, 15) is 0 Å². The lowest BCUT2D eigenvalue weighted by Crippen LogP contribution is -2.42. The maximum absolute atomic E-state index is 6.79. The van der Waals surface area contributed by atoms with Crippen molar-refractivity contribution in [1.29, 1.82) is 0 Å². The molecule has 9 rings (SSSR count). The molecule has 8 aliphatic rings. The Morgan fingerprint density at radius 1 is 0.797 bits per heavy atom. The third kappa shape index (κ3) is 8.29. The van der Waals surface area contributed by atoms with E-state index in [0.29, 0.717) is 17.8 Å². The first-order valence-electron chi connectivity index (χ1n) is 22.6. The van der Waals surface area contributed by atoms with Crippen LogP contribution in [0.5, 0.6) is 0 Å². The van der Waals surface area contributed by atoms with Gasteiger partial charge in [-0.1, -0.05) is 165 Å². The summed E-state index contributed by atoms with van der Waals surface area (Å²) in [7, 11) is 0. The van der Waals surface area contributed by atoms with E-state index >= 15 is 0 Å². The molecule has 59 heavy (non-hydrogen) atoms. The molecule has 1 heterocycles. The molecule has 0 aromatic heterocycles. The Labute approximate surface area is 354 Å². The lowest BCUT2D eigenvalue weighted by molar-refractivity contribution is 0.105. The summed E-state index contributed by atoms with van der Waals surface area (Å²) in [4.78, 5) is 0. The van der Waals surface area contributed by atoms with Crippen LogP contribution >= 0.6 is 0 Å². The smallest absolute Gasteiger partial charge is 0.125 e. The van der Waals surface area contributed by atoms with Crippen LogP contribution in [0, 0.1) is 23.2 Å². The molecule has 0 spiro atoms. The number of nitrogens with one attached hydrogen (secondary N) is 1. The molecule has 300 valence electrons. The van der Waals surface area contributed by atoms with Crippen LogP contribution in [0.3, 0.4) is 0 Å². The van der Waals surface area contributed by atoms with Gasteiger partial charge in [0, 0.05) is 24.1 Å². The fourth-order valence-electron chi connectivity index (χ4n) is 10.8. The number of rotatable bonds is 12. The van der Waals surface area contributed by atoms with Gasteiger partial charge in [-0.2, -0.15) is 0 Å². The molecule has 1 N–H and O–H groups in total. The fraction of sp³-hybridized carbons (Fsp3) is 0.333. The van der Waals surface area contributed by atoms with Crippen LogP contribution in [0.15, 0.2) is 215 Å². The molecule has 1 aromatic rings. The Hall–Kier alpha value is -5.34. The molecule has 0 saturated heterocycles. The summed E-state index contributed by atoms with van der Waals surface area (Å²) in [6, 6.07) is 11.1. The quantitative estimate of drug-likeness (QED) is 0.169. The van der Waals surface area contributed by atoms with E-state index in [1.807, 2.05) is 6.08 Å². The lowest BCUT2D eigenvalue weighted by atomic mass is 9.57. The van der Waals surface area contributed by atoms with Crippen molar-refractivity contribution in [3.63, 3.8) is 0 Å². The van der Waals surface area contributed by atoms with Crippen molar-refractivity contribution in [2.24, 2.45) is 23.2 Å². The molecule has 7 aliphatic carbocycles. The Kier molecular flexibility index (Phi) is 12.1. The van der Waals surface area contributed by atoms with Crippen molar-refractivity contribution in [2.75, 3.05) is 0 Å². The minimum atomic E-state index is -0.279. The Balaban J connectivity index is 0.923. The van der Waals surface area contributed by atoms with Gasteiger partial charge in [-0.15, -0.1) is 0 Å². The number of hydrogen-bond acceptors (Lipinski definition) is 2. The van der Waals surface area contributed by atoms with Crippen LogP contribution in [-0.4, -0.2) is 12.1 Å². The van der Waals surface area contributed by atoms with Gasteiger partial charge in [0.15, 0.2) is 0 Å². The largest absolute Gasteiger partial charge is 0.490 e. The Bertz CT molecular complexity index is 2240. The van der Waals surface area contributed by atoms with Crippen LogP contribution in [0.2, 0.25) is 0 Å². The highest BCUT2D eigenvalue weighted by atomic mass is 16.5. The van der Waals surface area contributed by atoms with Crippen molar-refractivity contribution in [1.82, 2.24) is 5.32 Å². The highest BCUT2D eigenvalue weighted by molar-refractivity contribution is 5.69. The van der Waals surface area contributed by atoms with Gasteiger partial charge in [-0.25, -0.2) is 0 Å². The topological polar surface area (TPSA) is 21.3 Å². The van der Waals surface area contributed by atoms with Crippen molar-refractivity contribution < 1.29 is 4.74 Å². The summed E-state index contributed by atoms with van der Waals surface area (Å²) in [5.41, 5.74) is 12.2. The third-order valence-corrected chi connectivity index (χ3v) is 13.9. The number of fused-ring (bicyclic) bond motifs is 1. The number of hydrogen-bond donors (Lipinski definition) is 1. The van der Waals surface area contributed by atoms with Gasteiger partial charge in [-0.05, 0) is 133 Å². The summed E-state index contributed by atoms with van der Waals surface area (Å²) >= 11 is 0. The summed E-state index contributed by atoms with van der Waals surface area (Å²) in [6.07, 6.45) is 66.1. The van der Waals surface area contributed by atoms with Crippen LogP contribution < -0.4 is 5.32 Å². The van der Waals surface area contributed by atoms with Gasteiger partial charge in [0.25, 0.3) is 0 Å². The van der Waals surface area contributed by atoms with Gasteiger partial charge >= 0.3 is 0 Å². The Morgan fingerprint density at radius 2 is 1.68 bits per heavy atom. The molecule has 0 bridgehead atoms. The molecule has 2 nitrogen and oxygen atoms in total. The molecule has 1 aromatic carbocycles.